The highest BCUT2D eigenvalue weighted by molar-refractivity contribution is 5.80. The highest BCUT2D eigenvalue weighted by Crippen LogP contribution is 2.44. The highest BCUT2D eigenvalue weighted by Gasteiger charge is 2.36. The molecule has 2 rings (SSSR count). The molecule has 0 aliphatic heterocycles. The van der Waals surface area contributed by atoms with Gasteiger partial charge in [-0.25, -0.2) is 0 Å². The second kappa shape index (κ2) is 10.4. The summed E-state index contributed by atoms with van der Waals surface area (Å²) in [7, 11) is 1.71. The Balaban J connectivity index is 1.93. The van der Waals surface area contributed by atoms with Crippen molar-refractivity contribution in [2.75, 3.05) is 33.4 Å². The van der Waals surface area contributed by atoms with E-state index in [-0.39, 0.29) is 5.41 Å². The topological polar surface area (TPSA) is 45.7 Å². The molecule has 28 heavy (non-hydrogen) atoms. The maximum atomic E-state index is 12.7. The quantitative estimate of drug-likeness (QED) is 0.419. The third-order valence-corrected chi connectivity index (χ3v) is 4.93. The molecule has 1 fully saturated rings. The number of hydrogen-bond donors (Lipinski definition) is 2. The number of aliphatic imine (C=N–C) groups is 1. The summed E-state index contributed by atoms with van der Waals surface area (Å²) in [5.41, 5.74) is -0.127. The molecule has 7 heteroatoms. The Labute approximate surface area is 165 Å². The molecular weight excluding hydrogens is 367 g/mol. The van der Waals surface area contributed by atoms with Gasteiger partial charge in [-0.3, -0.25) is 4.99 Å². The van der Waals surface area contributed by atoms with E-state index < -0.39 is 11.7 Å². The number of hydrogen-bond acceptors (Lipinski definition) is 2. The van der Waals surface area contributed by atoms with Crippen molar-refractivity contribution in [1.82, 2.24) is 10.6 Å². The van der Waals surface area contributed by atoms with Gasteiger partial charge >= 0.3 is 6.18 Å². The Bertz CT molecular complexity index is 716. The van der Waals surface area contributed by atoms with Gasteiger partial charge in [-0.05, 0) is 49.8 Å². The maximum absolute atomic E-state index is 12.7. The van der Waals surface area contributed by atoms with Gasteiger partial charge in [0, 0.05) is 32.4 Å². The van der Waals surface area contributed by atoms with Gasteiger partial charge in [-0.15, -0.1) is 0 Å². The fourth-order valence-corrected chi connectivity index (χ4v) is 3.12. The van der Waals surface area contributed by atoms with Crippen LogP contribution in [0.4, 0.5) is 13.2 Å². The lowest BCUT2D eigenvalue weighted by Gasteiger charge is -2.40. The zero-order valence-corrected chi connectivity index (χ0v) is 16.5. The first kappa shape index (κ1) is 22.1. The largest absolute Gasteiger partial charge is 0.416 e. The summed E-state index contributed by atoms with van der Waals surface area (Å²) in [5, 5.41) is 6.30. The van der Waals surface area contributed by atoms with Gasteiger partial charge in [-0.1, -0.05) is 24.3 Å². The van der Waals surface area contributed by atoms with Crippen molar-refractivity contribution in [3.63, 3.8) is 0 Å². The molecule has 1 saturated carbocycles. The van der Waals surface area contributed by atoms with Crippen molar-refractivity contribution in [3.05, 3.63) is 35.4 Å². The van der Waals surface area contributed by atoms with Crippen LogP contribution >= 0.6 is 0 Å². The molecule has 0 aromatic heterocycles. The number of nitrogens with one attached hydrogen (secondary N) is 2. The third kappa shape index (κ3) is 6.75. The molecule has 0 atom stereocenters. The van der Waals surface area contributed by atoms with Crippen molar-refractivity contribution in [2.24, 2.45) is 10.4 Å². The molecule has 1 aliphatic carbocycles. The minimum absolute atomic E-state index is 0.224. The van der Waals surface area contributed by atoms with Gasteiger partial charge in [0.15, 0.2) is 5.96 Å². The minimum Gasteiger partial charge on any atom is -0.385 e. The van der Waals surface area contributed by atoms with Crippen LogP contribution in [0.15, 0.2) is 29.3 Å². The van der Waals surface area contributed by atoms with E-state index >= 15 is 0 Å². The Hall–Kier alpha value is -2.20. The smallest absolute Gasteiger partial charge is 0.385 e. The number of halogens is 3. The molecule has 4 nitrogen and oxygen atoms in total. The van der Waals surface area contributed by atoms with Crippen molar-refractivity contribution in [2.45, 2.75) is 38.8 Å². The summed E-state index contributed by atoms with van der Waals surface area (Å²) in [5.74, 6) is 6.30. The number of ether oxygens (including phenoxy) is 1. The van der Waals surface area contributed by atoms with E-state index in [1.807, 2.05) is 6.92 Å². The molecule has 0 spiro atoms. The Kier molecular flexibility index (Phi) is 8.18. The van der Waals surface area contributed by atoms with E-state index in [9.17, 15) is 13.2 Å². The summed E-state index contributed by atoms with van der Waals surface area (Å²) < 4.78 is 43.5. The fraction of sp³-hybridized carbons (Fsp3) is 0.571. The Morgan fingerprint density at radius 3 is 2.68 bits per heavy atom. The van der Waals surface area contributed by atoms with Gasteiger partial charge < -0.3 is 15.4 Å². The van der Waals surface area contributed by atoms with Gasteiger partial charge in [-0.2, -0.15) is 13.2 Å². The zero-order chi connectivity index (χ0) is 20.5. The predicted octanol–water partition coefficient (Wildman–Crippen LogP) is 3.82. The average Bonchev–Trinajstić information content (AvgIpc) is 2.63. The number of benzene rings is 1. The van der Waals surface area contributed by atoms with Crippen molar-refractivity contribution in [3.8, 4) is 11.8 Å². The second-order valence-corrected chi connectivity index (χ2v) is 7.03. The van der Waals surface area contributed by atoms with E-state index in [0.29, 0.717) is 18.1 Å². The van der Waals surface area contributed by atoms with Crippen LogP contribution < -0.4 is 10.6 Å². The summed E-state index contributed by atoms with van der Waals surface area (Å²) in [6, 6.07) is 5.03. The number of nitrogens with zero attached hydrogens (tertiary/aromatic N) is 1. The van der Waals surface area contributed by atoms with Crippen LogP contribution in [0.2, 0.25) is 0 Å². The molecule has 1 aliphatic rings. The zero-order valence-electron chi connectivity index (χ0n) is 16.5. The summed E-state index contributed by atoms with van der Waals surface area (Å²) in [6.45, 7) is 4.47. The maximum Gasteiger partial charge on any atom is 0.416 e. The fourth-order valence-electron chi connectivity index (χ4n) is 3.12. The molecule has 154 valence electrons. The normalized spacial score (nSPS) is 16.0. The molecule has 0 bridgehead atoms. The van der Waals surface area contributed by atoms with Gasteiger partial charge in [0.2, 0.25) is 0 Å². The van der Waals surface area contributed by atoms with Crippen molar-refractivity contribution in [1.29, 1.82) is 0 Å². The van der Waals surface area contributed by atoms with Crippen LogP contribution in [0.25, 0.3) is 0 Å². The van der Waals surface area contributed by atoms with Crippen LogP contribution in [0, 0.1) is 17.3 Å². The third-order valence-electron chi connectivity index (χ3n) is 4.93. The highest BCUT2D eigenvalue weighted by atomic mass is 19.4. The van der Waals surface area contributed by atoms with Crippen LogP contribution in [-0.4, -0.2) is 39.3 Å². The molecule has 0 amide bonds. The lowest BCUT2D eigenvalue weighted by Crippen LogP contribution is -2.40. The summed E-state index contributed by atoms with van der Waals surface area (Å²) >= 11 is 0. The van der Waals surface area contributed by atoms with E-state index in [4.69, 9.17) is 4.74 Å². The number of rotatable bonds is 7. The molecular formula is C21H28F3N3O. The Morgan fingerprint density at radius 1 is 1.29 bits per heavy atom. The molecule has 0 radical (unpaired) electrons. The standard InChI is InChI=1S/C21H28F3N3O/c1-3-25-19(27-16-20(10-6-11-20)12-14-28-2)26-13-5-8-17-7-4-9-18(15-17)21(22,23)24/h4,7,9,15H,3,6,10-14,16H2,1-2H3,(H2,25,26,27). The van der Waals surface area contributed by atoms with Gasteiger partial charge in [0.05, 0.1) is 12.1 Å². The summed E-state index contributed by atoms with van der Waals surface area (Å²) in [4.78, 5) is 4.67. The predicted molar refractivity (Wildman–Crippen MR) is 105 cm³/mol. The van der Waals surface area contributed by atoms with Crippen LogP contribution in [-0.2, 0) is 10.9 Å². The minimum atomic E-state index is -4.36. The first-order chi connectivity index (χ1) is 13.4. The van der Waals surface area contributed by atoms with Gasteiger partial charge in [0.25, 0.3) is 0 Å². The molecule has 0 saturated heterocycles. The average molecular weight is 395 g/mol. The Morgan fingerprint density at radius 2 is 2.07 bits per heavy atom. The number of guanidine groups is 1. The monoisotopic (exact) mass is 395 g/mol. The molecule has 1 aromatic carbocycles. The first-order valence-corrected chi connectivity index (χ1v) is 9.56. The van der Waals surface area contributed by atoms with E-state index in [0.717, 1.165) is 51.1 Å². The summed E-state index contributed by atoms with van der Waals surface area (Å²) in [6.07, 6.45) is 0.192. The van der Waals surface area contributed by atoms with Crippen molar-refractivity contribution >= 4 is 5.96 Å². The van der Waals surface area contributed by atoms with Crippen molar-refractivity contribution < 1.29 is 17.9 Å². The van der Waals surface area contributed by atoms with Crippen LogP contribution in [0.1, 0.15) is 43.7 Å². The molecule has 1 aromatic rings. The van der Waals surface area contributed by atoms with E-state index in [1.54, 1.807) is 13.2 Å². The molecule has 0 heterocycles. The van der Waals surface area contributed by atoms with E-state index in [2.05, 4.69) is 27.5 Å². The number of alkyl halides is 3. The van der Waals surface area contributed by atoms with E-state index in [1.165, 1.54) is 12.5 Å². The van der Waals surface area contributed by atoms with Crippen LogP contribution in [0.5, 0.6) is 0 Å². The molecule has 2 N–H and O–H groups in total. The lowest BCUT2D eigenvalue weighted by atomic mass is 9.67. The second-order valence-electron chi connectivity index (χ2n) is 7.03. The lowest BCUT2D eigenvalue weighted by molar-refractivity contribution is -0.137. The van der Waals surface area contributed by atoms with Crippen LogP contribution in [0.3, 0.4) is 0 Å². The first-order valence-electron chi connectivity index (χ1n) is 9.56. The SMILES string of the molecule is CCNC(=NCC1(CCOC)CCC1)NCC#Cc1cccc(C(F)(F)F)c1. The number of methoxy groups -OCH3 is 1. The van der Waals surface area contributed by atoms with Gasteiger partial charge in [0.1, 0.15) is 0 Å². The molecule has 0 unspecified atom stereocenters.